The molecule has 0 N–H and O–H groups in total. The largest absolute Gasteiger partial charge is 0.373 e. The summed E-state index contributed by atoms with van der Waals surface area (Å²) >= 11 is 0. The van der Waals surface area contributed by atoms with Gasteiger partial charge in [-0.2, -0.15) is 5.10 Å². The summed E-state index contributed by atoms with van der Waals surface area (Å²) in [5, 5.41) is 4.28. The average molecular weight is 357 g/mol. The molecule has 0 aliphatic carbocycles. The molecule has 1 saturated heterocycles. The van der Waals surface area contributed by atoms with E-state index in [1.807, 2.05) is 38.4 Å². The molecule has 7 nitrogen and oxygen atoms in total. The number of hydrogen-bond acceptors (Lipinski definition) is 5. The standard InChI is InChI=1S/C19H27N5O2/c1-14-11-24(12-15(2)26-14)10-9-22(3)19(25)17-7-5-16(6-8-17)18-20-13-23(4)21-18/h5-8,13-15H,9-12H2,1-4H3/t14-,15+. The Morgan fingerprint density at radius 1 is 1.23 bits per heavy atom. The molecule has 2 heterocycles. The molecule has 0 spiro atoms. The molecule has 0 radical (unpaired) electrons. The van der Waals surface area contributed by atoms with E-state index >= 15 is 0 Å². The molecule has 1 amide bonds. The van der Waals surface area contributed by atoms with Gasteiger partial charge < -0.3 is 9.64 Å². The molecule has 0 unspecified atom stereocenters. The highest BCUT2D eigenvalue weighted by atomic mass is 16.5. The van der Waals surface area contributed by atoms with E-state index < -0.39 is 0 Å². The fraction of sp³-hybridized carbons (Fsp3) is 0.526. The van der Waals surface area contributed by atoms with Gasteiger partial charge in [-0.05, 0) is 26.0 Å². The Kier molecular flexibility index (Phi) is 5.68. The minimum atomic E-state index is 0.0277. The van der Waals surface area contributed by atoms with Gasteiger partial charge in [0.05, 0.1) is 12.2 Å². The highest BCUT2D eigenvalue weighted by molar-refractivity contribution is 5.94. The van der Waals surface area contributed by atoms with Crippen LogP contribution in [0, 0.1) is 0 Å². The molecule has 26 heavy (non-hydrogen) atoms. The molecule has 0 bridgehead atoms. The molecular weight excluding hydrogens is 330 g/mol. The number of hydrogen-bond donors (Lipinski definition) is 0. The van der Waals surface area contributed by atoms with Gasteiger partial charge in [-0.15, -0.1) is 0 Å². The van der Waals surface area contributed by atoms with E-state index in [0.29, 0.717) is 17.9 Å². The molecule has 7 heteroatoms. The number of morpholine rings is 1. The fourth-order valence-corrected chi connectivity index (χ4v) is 3.31. The first-order valence-corrected chi connectivity index (χ1v) is 9.01. The van der Waals surface area contributed by atoms with Crippen molar-refractivity contribution >= 4 is 5.91 Å². The quantitative estimate of drug-likeness (QED) is 0.814. The van der Waals surface area contributed by atoms with Crippen LogP contribution in [0.5, 0.6) is 0 Å². The third kappa shape index (κ3) is 4.47. The number of amides is 1. The summed E-state index contributed by atoms with van der Waals surface area (Å²) in [6, 6.07) is 7.45. The highest BCUT2D eigenvalue weighted by Gasteiger charge is 2.22. The molecule has 2 atom stereocenters. The monoisotopic (exact) mass is 357 g/mol. The first-order valence-electron chi connectivity index (χ1n) is 9.01. The molecule has 1 aliphatic heterocycles. The van der Waals surface area contributed by atoms with Gasteiger partial charge >= 0.3 is 0 Å². The Labute approximate surface area is 154 Å². The Balaban J connectivity index is 1.56. The van der Waals surface area contributed by atoms with Crippen LogP contribution in [0.4, 0.5) is 0 Å². The molecule has 1 fully saturated rings. The SMILES string of the molecule is C[C@@H]1CN(CCN(C)C(=O)c2ccc(-c3ncn(C)n3)cc2)C[C@H](C)O1. The van der Waals surface area contributed by atoms with Crippen LogP contribution in [0.15, 0.2) is 30.6 Å². The van der Waals surface area contributed by atoms with Gasteiger partial charge in [-0.3, -0.25) is 14.4 Å². The first kappa shape index (κ1) is 18.5. The first-order chi connectivity index (χ1) is 12.4. The van der Waals surface area contributed by atoms with E-state index in [1.54, 1.807) is 15.9 Å². The molecule has 1 aromatic heterocycles. The predicted molar refractivity (Wildman–Crippen MR) is 99.8 cm³/mol. The molecule has 3 rings (SSSR count). The van der Waals surface area contributed by atoms with Crippen molar-refractivity contribution in [2.45, 2.75) is 26.1 Å². The smallest absolute Gasteiger partial charge is 0.253 e. The lowest BCUT2D eigenvalue weighted by Crippen LogP contribution is -2.48. The summed E-state index contributed by atoms with van der Waals surface area (Å²) in [5.74, 6) is 0.690. The summed E-state index contributed by atoms with van der Waals surface area (Å²) in [6.45, 7) is 7.57. The lowest BCUT2D eigenvalue weighted by atomic mass is 10.1. The summed E-state index contributed by atoms with van der Waals surface area (Å²) in [5.41, 5.74) is 1.58. The lowest BCUT2D eigenvalue weighted by molar-refractivity contribution is -0.0685. The molecule has 1 aliphatic rings. The van der Waals surface area contributed by atoms with Crippen molar-refractivity contribution in [2.24, 2.45) is 7.05 Å². The van der Waals surface area contributed by atoms with E-state index in [1.165, 1.54) is 0 Å². The van der Waals surface area contributed by atoms with Gasteiger partial charge in [0.1, 0.15) is 6.33 Å². The number of aryl methyl sites for hydroxylation is 1. The van der Waals surface area contributed by atoms with Crippen LogP contribution in [0.25, 0.3) is 11.4 Å². The van der Waals surface area contributed by atoms with E-state index in [-0.39, 0.29) is 18.1 Å². The Morgan fingerprint density at radius 2 is 1.88 bits per heavy atom. The van der Waals surface area contributed by atoms with E-state index in [2.05, 4.69) is 28.8 Å². The maximum Gasteiger partial charge on any atom is 0.253 e. The fourth-order valence-electron chi connectivity index (χ4n) is 3.31. The normalized spacial score (nSPS) is 20.9. The minimum Gasteiger partial charge on any atom is -0.373 e. The summed E-state index contributed by atoms with van der Waals surface area (Å²) < 4.78 is 7.42. The van der Waals surface area contributed by atoms with Gasteiger partial charge in [-0.1, -0.05) is 12.1 Å². The second-order valence-electron chi connectivity index (χ2n) is 7.06. The number of carbonyl (C=O) groups excluding carboxylic acids is 1. The van der Waals surface area contributed by atoms with Crippen molar-refractivity contribution in [3.05, 3.63) is 36.2 Å². The number of nitrogens with zero attached hydrogens (tertiary/aromatic N) is 5. The van der Waals surface area contributed by atoms with Gasteiger partial charge in [0.15, 0.2) is 5.82 Å². The molecule has 2 aromatic rings. The maximum absolute atomic E-state index is 12.6. The predicted octanol–water partition coefficient (Wildman–Crippen LogP) is 1.66. The van der Waals surface area contributed by atoms with Crippen LogP contribution in [-0.2, 0) is 11.8 Å². The van der Waals surface area contributed by atoms with Crippen LogP contribution in [0.3, 0.4) is 0 Å². The van der Waals surface area contributed by atoms with E-state index in [4.69, 9.17) is 4.74 Å². The number of benzene rings is 1. The van der Waals surface area contributed by atoms with Crippen molar-refractivity contribution < 1.29 is 9.53 Å². The Morgan fingerprint density at radius 3 is 2.46 bits per heavy atom. The van der Waals surface area contributed by atoms with Crippen molar-refractivity contribution in [3.63, 3.8) is 0 Å². The zero-order valence-corrected chi connectivity index (χ0v) is 15.9. The molecule has 140 valence electrons. The second-order valence-corrected chi connectivity index (χ2v) is 7.06. The Bertz CT molecular complexity index is 733. The summed E-state index contributed by atoms with van der Waals surface area (Å²) in [7, 11) is 3.68. The molecular formula is C19H27N5O2. The van der Waals surface area contributed by atoms with Crippen LogP contribution in [0.2, 0.25) is 0 Å². The van der Waals surface area contributed by atoms with Gasteiger partial charge in [0.2, 0.25) is 0 Å². The number of likely N-dealkylation sites (N-methyl/N-ethyl adjacent to an activating group) is 1. The van der Waals surface area contributed by atoms with Crippen molar-refractivity contribution in [3.8, 4) is 11.4 Å². The van der Waals surface area contributed by atoms with Gasteiger partial charge in [0.25, 0.3) is 5.91 Å². The van der Waals surface area contributed by atoms with Crippen LogP contribution in [0.1, 0.15) is 24.2 Å². The number of aromatic nitrogens is 3. The topological polar surface area (TPSA) is 63.5 Å². The van der Waals surface area contributed by atoms with Crippen LogP contribution in [-0.4, -0.2) is 75.9 Å². The third-order valence-electron chi connectivity index (χ3n) is 4.58. The third-order valence-corrected chi connectivity index (χ3v) is 4.58. The van der Waals surface area contributed by atoms with Crippen molar-refractivity contribution in [1.29, 1.82) is 0 Å². The second kappa shape index (κ2) is 7.97. The minimum absolute atomic E-state index is 0.0277. The molecule has 1 aromatic carbocycles. The van der Waals surface area contributed by atoms with Crippen molar-refractivity contribution in [1.82, 2.24) is 24.6 Å². The Hall–Kier alpha value is -2.25. The van der Waals surface area contributed by atoms with Gasteiger partial charge in [0, 0.05) is 51.4 Å². The van der Waals surface area contributed by atoms with Crippen LogP contribution >= 0.6 is 0 Å². The zero-order valence-electron chi connectivity index (χ0n) is 15.9. The van der Waals surface area contributed by atoms with Crippen LogP contribution < -0.4 is 0 Å². The molecule has 0 saturated carbocycles. The van der Waals surface area contributed by atoms with E-state index in [9.17, 15) is 4.79 Å². The number of rotatable bonds is 5. The summed E-state index contributed by atoms with van der Waals surface area (Å²) in [4.78, 5) is 21.0. The maximum atomic E-state index is 12.6. The summed E-state index contributed by atoms with van der Waals surface area (Å²) in [6.07, 6.45) is 2.15. The van der Waals surface area contributed by atoms with Gasteiger partial charge in [-0.25, -0.2) is 4.98 Å². The number of carbonyl (C=O) groups is 1. The van der Waals surface area contributed by atoms with E-state index in [0.717, 1.165) is 25.2 Å². The zero-order chi connectivity index (χ0) is 18.7. The van der Waals surface area contributed by atoms with Crippen molar-refractivity contribution in [2.75, 3.05) is 33.2 Å². The lowest BCUT2D eigenvalue weighted by Gasteiger charge is -2.36. The highest BCUT2D eigenvalue weighted by Crippen LogP contribution is 2.16. The average Bonchev–Trinajstić information content (AvgIpc) is 3.05. The number of ether oxygens (including phenoxy) is 1.